The van der Waals surface area contributed by atoms with E-state index in [4.69, 9.17) is 4.43 Å². The molecule has 0 unspecified atom stereocenters. The van der Waals surface area contributed by atoms with Crippen molar-refractivity contribution in [2.24, 2.45) is 0 Å². The lowest BCUT2D eigenvalue weighted by molar-refractivity contribution is 0.354. The number of hydrogen-bond acceptors (Lipinski definition) is 1. The maximum atomic E-state index is 7.14. The molecule has 1 aliphatic carbocycles. The third-order valence-electron chi connectivity index (χ3n) is 5.73. The fourth-order valence-electron chi connectivity index (χ4n) is 4.82. The van der Waals surface area contributed by atoms with Gasteiger partial charge in [-0.1, -0.05) is 86.2 Å². The molecule has 1 rings (SSSR count). The molecule has 1 nitrogen and oxygen atoms in total. The van der Waals surface area contributed by atoms with Crippen molar-refractivity contribution in [1.82, 2.24) is 0 Å². The van der Waals surface area contributed by atoms with Crippen LogP contribution in [0.4, 0.5) is 0 Å². The minimum Gasteiger partial charge on any atom is -0.545 e. The van der Waals surface area contributed by atoms with Gasteiger partial charge in [0, 0.05) is 14.5 Å². The third-order valence-corrected chi connectivity index (χ3v) is 13.2. The van der Waals surface area contributed by atoms with Gasteiger partial charge >= 0.3 is 0 Å². The minimum absolute atomic E-state index is 0.647. The van der Waals surface area contributed by atoms with Gasteiger partial charge in [-0.25, -0.2) is 0 Å². The van der Waals surface area contributed by atoms with Gasteiger partial charge in [-0.3, -0.25) is 0 Å². The van der Waals surface area contributed by atoms with E-state index < -0.39 is 16.4 Å². The first-order chi connectivity index (χ1) is 11.4. The summed E-state index contributed by atoms with van der Waals surface area (Å²) < 4.78 is 7.14. The number of rotatable bonds is 9. The molecular formula is C22H44OSi2. The molecule has 3 heteroatoms. The van der Waals surface area contributed by atoms with Gasteiger partial charge in [-0.15, -0.1) is 0 Å². The van der Waals surface area contributed by atoms with Crippen molar-refractivity contribution in [2.75, 3.05) is 0 Å². The lowest BCUT2D eigenvalue weighted by atomic mass is 9.95. The Labute approximate surface area is 160 Å². The van der Waals surface area contributed by atoms with Gasteiger partial charge in [0.25, 0.3) is 8.32 Å². The van der Waals surface area contributed by atoms with Crippen molar-refractivity contribution in [2.45, 2.75) is 116 Å². The topological polar surface area (TPSA) is 9.23 Å². The van der Waals surface area contributed by atoms with Crippen LogP contribution in [0, 0.1) is 0 Å². The van der Waals surface area contributed by atoms with E-state index in [9.17, 15) is 0 Å². The highest BCUT2D eigenvalue weighted by Gasteiger charge is 2.47. The van der Waals surface area contributed by atoms with Crippen molar-refractivity contribution in [1.29, 1.82) is 0 Å². The van der Waals surface area contributed by atoms with Crippen LogP contribution in [0.1, 0.15) is 74.1 Å². The fraction of sp³-hybridized carbons (Fsp3) is 0.818. The summed E-state index contributed by atoms with van der Waals surface area (Å²) in [4.78, 5) is 0. The van der Waals surface area contributed by atoms with E-state index >= 15 is 0 Å². The van der Waals surface area contributed by atoms with E-state index in [-0.39, 0.29) is 0 Å². The van der Waals surface area contributed by atoms with Crippen molar-refractivity contribution in [3.05, 3.63) is 23.0 Å². The molecule has 0 aliphatic heterocycles. The van der Waals surface area contributed by atoms with E-state index in [1.165, 1.54) is 31.1 Å². The van der Waals surface area contributed by atoms with Crippen LogP contribution in [-0.4, -0.2) is 16.4 Å². The SMILES string of the molecule is CCCC1=CCC(O[Si](C(C)C)(C(C)C)C(C)C)=C(C[Si](C)(C)C)C1. The van der Waals surface area contributed by atoms with Crippen molar-refractivity contribution < 1.29 is 4.43 Å². The predicted molar refractivity (Wildman–Crippen MR) is 120 cm³/mol. The number of hydrogen-bond donors (Lipinski definition) is 0. The fourth-order valence-corrected chi connectivity index (χ4v) is 11.8. The average molecular weight is 381 g/mol. The van der Waals surface area contributed by atoms with Crippen LogP contribution in [0.15, 0.2) is 23.0 Å². The van der Waals surface area contributed by atoms with Crippen LogP contribution in [0.5, 0.6) is 0 Å². The molecular weight excluding hydrogens is 336 g/mol. The Kier molecular flexibility index (Phi) is 8.26. The van der Waals surface area contributed by atoms with Gasteiger partial charge in [-0.05, 0) is 41.1 Å². The van der Waals surface area contributed by atoms with Crippen molar-refractivity contribution in [3.8, 4) is 0 Å². The zero-order chi connectivity index (χ0) is 19.4. The van der Waals surface area contributed by atoms with Gasteiger partial charge in [0.1, 0.15) is 0 Å². The monoisotopic (exact) mass is 380 g/mol. The summed E-state index contributed by atoms with van der Waals surface area (Å²) in [7, 11) is -2.99. The highest BCUT2D eigenvalue weighted by Crippen LogP contribution is 2.46. The average Bonchev–Trinajstić information content (AvgIpc) is 2.44. The Morgan fingerprint density at radius 1 is 0.960 bits per heavy atom. The summed E-state index contributed by atoms with van der Waals surface area (Å²) in [6.45, 7) is 24.1. The maximum absolute atomic E-state index is 7.14. The first-order valence-electron chi connectivity index (χ1n) is 10.5. The van der Waals surface area contributed by atoms with Gasteiger partial charge in [0.2, 0.25) is 0 Å². The molecule has 0 radical (unpaired) electrons. The Morgan fingerprint density at radius 2 is 1.48 bits per heavy atom. The first-order valence-corrected chi connectivity index (χ1v) is 16.4. The molecule has 0 N–H and O–H groups in total. The van der Waals surface area contributed by atoms with Crippen LogP contribution in [0.3, 0.4) is 0 Å². The minimum atomic E-state index is -1.84. The summed E-state index contributed by atoms with van der Waals surface area (Å²) in [6, 6.07) is 1.29. The van der Waals surface area contributed by atoms with Gasteiger partial charge < -0.3 is 4.43 Å². The zero-order valence-electron chi connectivity index (χ0n) is 18.8. The second-order valence-corrected chi connectivity index (χ2v) is 21.0. The highest BCUT2D eigenvalue weighted by atomic mass is 28.4. The van der Waals surface area contributed by atoms with Gasteiger partial charge in [0.05, 0.1) is 5.76 Å². The molecule has 0 spiro atoms. The third kappa shape index (κ3) is 5.85. The smallest absolute Gasteiger partial charge is 0.258 e. The molecule has 1 aliphatic rings. The standard InChI is InChI=1S/C22H44OSi2/c1-11-12-20-13-14-22(21(15-20)16-24(8,9)10)23-25(17(2)3,18(4)5)19(6)7/h13,17-19H,11-12,14-16H2,1-10H3. The maximum Gasteiger partial charge on any atom is 0.258 e. The molecule has 0 atom stereocenters. The van der Waals surface area contributed by atoms with Gasteiger partial charge in [0.15, 0.2) is 0 Å². The second kappa shape index (κ2) is 9.08. The summed E-state index contributed by atoms with van der Waals surface area (Å²) >= 11 is 0. The van der Waals surface area contributed by atoms with Crippen LogP contribution in [0.25, 0.3) is 0 Å². The molecule has 0 heterocycles. The Bertz CT molecular complexity index is 471. The van der Waals surface area contributed by atoms with Crippen molar-refractivity contribution in [3.63, 3.8) is 0 Å². The molecule has 0 amide bonds. The van der Waals surface area contributed by atoms with Crippen molar-refractivity contribution >= 4 is 16.4 Å². The Hall–Kier alpha value is -0.286. The first kappa shape index (κ1) is 22.8. The zero-order valence-corrected chi connectivity index (χ0v) is 20.8. The van der Waals surface area contributed by atoms with Crippen LogP contribution in [-0.2, 0) is 4.43 Å². The second-order valence-electron chi connectivity index (χ2n) is 10.2. The predicted octanol–water partition coefficient (Wildman–Crippen LogP) is 8.29. The lowest BCUT2D eigenvalue weighted by Gasteiger charge is -2.44. The molecule has 146 valence electrons. The Morgan fingerprint density at radius 3 is 1.88 bits per heavy atom. The van der Waals surface area contributed by atoms with E-state index in [2.05, 4.69) is 74.2 Å². The van der Waals surface area contributed by atoms with Crippen LogP contribution >= 0.6 is 0 Å². The molecule has 0 aromatic carbocycles. The van der Waals surface area contributed by atoms with E-state index in [0.717, 1.165) is 6.42 Å². The molecule has 0 fully saturated rings. The summed E-state index contributed by atoms with van der Waals surface area (Å²) in [5.74, 6) is 1.37. The molecule has 0 aromatic heterocycles. The highest BCUT2D eigenvalue weighted by molar-refractivity contribution is 6.78. The Balaban J connectivity index is 3.24. The molecule has 0 aromatic rings. The van der Waals surface area contributed by atoms with Gasteiger partial charge in [-0.2, -0.15) is 0 Å². The quantitative estimate of drug-likeness (QED) is 0.289. The van der Waals surface area contributed by atoms with Crippen LogP contribution < -0.4 is 0 Å². The summed E-state index contributed by atoms with van der Waals surface area (Å²) in [5, 5.41) is 0. The summed E-state index contributed by atoms with van der Waals surface area (Å²) in [6.07, 6.45) is 7.20. The van der Waals surface area contributed by atoms with E-state index in [0.29, 0.717) is 16.6 Å². The molecule has 0 bridgehead atoms. The van der Waals surface area contributed by atoms with Crippen LogP contribution in [0.2, 0.25) is 42.3 Å². The molecule has 0 saturated heterocycles. The normalized spacial score (nSPS) is 16.9. The largest absolute Gasteiger partial charge is 0.545 e. The number of allylic oxidation sites excluding steroid dienone is 3. The van der Waals surface area contributed by atoms with E-state index in [1.807, 2.05) is 0 Å². The molecule has 0 saturated carbocycles. The lowest BCUT2D eigenvalue weighted by Crippen LogP contribution is -2.47. The summed E-state index contributed by atoms with van der Waals surface area (Å²) in [5.41, 5.74) is 5.23. The molecule has 25 heavy (non-hydrogen) atoms. The van der Waals surface area contributed by atoms with E-state index in [1.54, 1.807) is 11.1 Å².